The van der Waals surface area contributed by atoms with Crippen LogP contribution in [-0.2, 0) is 16.6 Å². The molecule has 0 aliphatic rings. The van der Waals surface area contributed by atoms with E-state index in [9.17, 15) is 12.8 Å². The second kappa shape index (κ2) is 7.85. The highest BCUT2D eigenvalue weighted by molar-refractivity contribution is 7.89. The summed E-state index contributed by atoms with van der Waals surface area (Å²) in [5, 5.41) is 4.47. The smallest absolute Gasteiger partial charge is 0.240 e. The van der Waals surface area contributed by atoms with Gasteiger partial charge < -0.3 is 4.74 Å². The highest BCUT2D eigenvalue weighted by Gasteiger charge is 2.16. The van der Waals surface area contributed by atoms with Gasteiger partial charge >= 0.3 is 0 Å². The first-order valence-corrected chi connectivity index (χ1v) is 9.67. The second-order valence-electron chi connectivity index (χ2n) is 5.83. The average Bonchev–Trinajstić information content (AvgIpc) is 3.03. The van der Waals surface area contributed by atoms with Gasteiger partial charge in [-0.05, 0) is 43.3 Å². The number of nitrogens with zero attached hydrogens (tertiary/aromatic N) is 3. The van der Waals surface area contributed by atoms with Crippen LogP contribution in [0.3, 0.4) is 0 Å². The summed E-state index contributed by atoms with van der Waals surface area (Å²) in [6.07, 6.45) is 3.40. The van der Waals surface area contributed by atoms with Gasteiger partial charge in [-0.1, -0.05) is 0 Å². The lowest BCUT2D eigenvalue weighted by Crippen LogP contribution is -2.28. The summed E-state index contributed by atoms with van der Waals surface area (Å²) in [7, 11) is -2.52. The molecule has 2 heterocycles. The zero-order valence-corrected chi connectivity index (χ0v) is 15.7. The molecular weight excluding hydrogens is 371 g/mol. The number of sulfonamides is 1. The van der Waals surface area contributed by atoms with E-state index in [0.29, 0.717) is 6.54 Å². The van der Waals surface area contributed by atoms with Gasteiger partial charge in [-0.3, -0.25) is 9.67 Å². The lowest BCUT2D eigenvalue weighted by Gasteiger charge is -2.09. The molecule has 0 spiro atoms. The quantitative estimate of drug-likeness (QED) is 0.669. The molecule has 7 nitrogen and oxygen atoms in total. The van der Waals surface area contributed by atoms with E-state index in [4.69, 9.17) is 4.74 Å². The Morgan fingerprint density at radius 3 is 2.74 bits per heavy atom. The molecule has 3 aromatic rings. The van der Waals surface area contributed by atoms with E-state index in [-0.39, 0.29) is 17.2 Å². The molecule has 0 saturated carbocycles. The number of hydrogen-bond donors (Lipinski definition) is 1. The minimum atomic E-state index is -3.83. The van der Waals surface area contributed by atoms with E-state index >= 15 is 0 Å². The topological polar surface area (TPSA) is 86.1 Å². The van der Waals surface area contributed by atoms with Gasteiger partial charge in [-0.25, -0.2) is 17.5 Å². The number of nitrogens with one attached hydrogen (secondary N) is 1. The van der Waals surface area contributed by atoms with Gasteiger partial charge in [0.15, 0.2) is 11.6 Å². The summed E-state index contributed by atoms with van der Waals surface area (Å²) in [5.41, 5.74) is 2.54. The van der Waals surface area contributed by atoms with Gasteiger partial charge in [0.25, 0.3) is 0 Å². The molecular formula is C18H19FN4O3S. The van der Waals surface area contributed by atoms with Crippen LogP contribution >= 0.6 is 0 Å². The number of ether oxygens (including phenoxy) is 1. The number of aryl methyl sites for hydroxylation is 1. The molecule has 0 amide bonds. The van der Waals surface area contributed by atoms with Crippen LogP contribution in [0, 0.1) is 12.7 Å². The number of aromatic nitrogens is 3. The monoisotopic (exact) mass is 390 g/mol. The van der Waals surface area contributed by atoms with E-state index in [2.05, 4.69) is 14.8 Å². The molecule has 1 N–H and O–H groups in total. The fourth-order valence-corrected chi connectivity index (χ4v) is 3.61. The van der Waals surface area contributed by atoms with Crippen molar-refractivity contribution in [3.63, 3.8) is 0 Å². The number of pyridine rings is 1. The van der Waals surface area contributed by atoms with Crippen LogP contribution in [0.5, 0.6) is 5.75 Å². The molecule has 9 heteroatoms. The van der Waals surface area contributed by atoms with E-state index in [0.717, 1.165) is 23.0 Å². The zero-order valence-electron chi connectivity index (χ0n) is 14.9. The molecule has 0 atom stereocenters. The first kappa shape index (κ1) is 19.0. The number of hydrogen-bond acceptors (Lipinski definition) is 5. The fourth-order valence-electron chi connectivity index (χ4n) is 2.58. The van der Waals surface area contributed by atoms with E-state index in [1.807, 2.05) is 25.1 Å². The minimum Gasteiger partial charge on any atom is -0.494 e. The van der Waals surface area contributed by atoms with Crippen molar-refractivity contribution in [1.82, 2.24) is 19.5 Å². The predicted octanol–water partition coefficient (Wildman–Crippen LogP) is 2.38. The summed E-state index contributed by atoms with van der Waals surface area (Å²) in [4.78, 5) is 3.91. The van der Waals surface area contributed by atoms with Crippen LogP contribution < -0.4 is 9.46 Å². The molecule has 0 unspecified atom stereocenters. The third-order valence-corrected chi connectivity index (χ3v) is 5.45. The Balaban J connectivity index is 1.67. The molecule has 142 valence electrons. The highest BCUT2D eigenvalue weighted by atomic mass is 32.2. The highest BCUT2D eigenvalue weighted by Crippen LogP contribution is 2.20. The molecule has 3 rings (SSSR count). The Morgan fingerprint density at radius 2 is 2.07 bits per heavy atom. The number of halogens is 1. The van der Waals surface area contributed by atoms with Crippen molar-refractivity contribution in [2.75, 3.05) is 13.7 Å². The summed E-state index contributed by atoms with van der Waals surface area (Å²) >= 11 is 0. The molecule has 27 heavy (non-hydrogen) atoms. The largest absolute Gasteiger partial charge is 0.494 e. The molecule has 2 aromatic heterocycles. The summed E-state index contributed by atoms with van der Waals surface area (Å²) in [6, 6.07) is 9.14. The van der Waals surface area contributed by atoms with Crippen molar-refractivity contribution in [3.8, 4) is 17.0 Å². The fraction of sp³-hybridized carbons (Fsp3) is 0.222. The lowest BCUT2D eigenvalue weighted by atomic mass is 10.2. The number of methoxy groups -OCH3 is 1. The van der Waals surface area contributed by atoms with Crippen molar-refractivity contribution >= 4 is 10.0 Å². The first-order valence-electron chi connectivity index (χ1n) is 8.19. The normalized spacial score (nSPS) is 11.5. The molecule has 0 radical (unpaired) electrons. The van der Waals surface area contributed by atoms with E-state index < -0.39 is 15.8 Å². The third-order valence-electron chi connectivity index (χ3n) is 3.99. The molecule has 0 saturated heterocycles. The standard InChI is InChI=1S/C18H19FN4O3S/c1-13-10-17(14-4-3-7-20-12-14)22-23(13)9-8-21-27(24,25)15-5-6-18(26-2)16(19)11-15/h3-7,10-12,21H,8-9H2,1-2H3. The van der Waals surface area contributed by atoms with Crippen molar-refractivity contribution in [2.24, 2.45) is 0 Å². The molecule has 0 aliphatic heterocycles. The van der Waals surface area contributed by atoms with Crippen LogP contribution in [0.2, 0.25) is 0 Å². The van der Waals surface area contributed by atoms with Gasteiger partial charge in [-0.2, -0.15) is 5.10 Å². The zero-order chi connectivity index (χ0) is 19.4. The molecule has 0 fully saturated rings. The van der Waals surface area contributed by atoms with Crippen molar-refractivity contribution in [2.45, 2.75) is 18.4 Å². The van der Waals surface area contributed by atoms with Gasteiger partial charge in [0.1, 0.15) is 0 Å². The van der Waals surface area contributed by atoms with Gasteiger partial charge in [-0.15, -0.1) is 0 Å². The lowest BCUT2D eigenvalue weighted by molar-refractivity contribution is 0.385. The van der Waals surface area contributed by atoms with Crippen molar-refractivity contribution < 1.29 is 17.5 Å². The Bertz CT molecular complexity index is 1040. The Kier molecular flexibility index (Phi) is 5.52. The van der Waals surface area contributed by atoms with Crippen LogP contribution in [0.25, 0.3) is 11.3 Å². The van der Waals surface area contributed by atoms with Crippen LogP contribution in [0.15, 0.2) is 53.7 Å². The Morgan fingerprint density at radius 1 is 1.26 bits per heavy atom. The molecule has 0 bridgehead atoms. The van der Waals surface area contributed by atoms with E-state index in [1.165, 1.54) is 19.2 Å². The maximum Gasteiger partial charge on any atom is 0.240 e. The molecule has 0 aliphatic carbocycles. The second-order valence-corrected chi connectivity index (χ2v) is 7.60. The maximum atomic E-state index is 13.7. The number of benzene rings is 1. The Hall–Kier alpha value is -2.78. The summed E-state index contributed by atoms with van der Waals surface area (Å²) < 4.78 is 47.4. The Labute approximate surface area is 156 Å². The molecule has 1 aromatic carbocycles. The van der Waals surface area contributed by atoms with Crippen molar-refractivity contribution in [1.29, 1.82) is 0 Å². The van der Waals surface area contributed by atoms with Crippen LogP contribution in [0.1, 0.15) is 5.69 Å². The summed E-state index contributed by atoms with van der Waals surface area (Å²) in [5.74, 6) is -0.742. The van der Waals surface area contributed by atoms with Crippen LogP contribution in [0.4, 0.5) is 4.39 Å². The van der Waals surface area contributed by atoms with Crippen LogP contribution in [-0.4, -0.2) is 36.8 Å². The van der Waals surface area contributed by atoms with Gasteiger partial charge in [0.2, 0.25) is 10.0 Å². The number of rotatable bonds is 7. The first-order chi connectivity index (χ1) is 12.9. The third kappa shape index (κ3) is 4.32. The minimum absolute atomic E-state index is 0.0101. The maximum absolute atomic E-state index is 13.7. The van der Waals surface area contributed by atoms with Gasteiger partial charge in [0.05, 0.1) is 24.2 Å². The average molecular weight is 390 g/mol. The SMILES string of the molecule is COc1ccc(S(=O)(=O)NCCn2nc(-c3cccnc3)cc2C)cc1F. The summed E-state index contributed by atoms with van der Waals surface area (Å²) in [6.45, 7) is 2.34. The predicted molar refractivity (Wildman–Crippen MR) is 98.3 cm³/mol. The van der Waals surface area contributed by atoms with E-state index in [1.54, 1.807) is 17.1 Å². The van der Waals surface area contributed by atoms with Gasteiger partial charge in [0, 0.05) is 30.2 Å². The van der Waals surface area contributed by atoms with Crippen molar-refractivity contribution in [3.05, 3.63) is 60.3 Å².